The number of halogens is 1. The Bertz CT molecular complexity index is 838. The second-order valence-electron chi connectivity index (χ2n) is 7.41. The Morgan fingerprint density at radius 2 is 1.83 bits per heavy atom. The molecule has 3 rings (SSSR count). The third-order valence-electron chi connectivity index (χ3n) is 4.81. The van der Waals surface area contributed by atoms with Crippen molar-refractivity contribution in [2.24, 2.45) is 10.9 Å². The van der Waals surface area contributed by atoms with E-state index in [-0.39, 0.29) is 36.4 Å². The maximum Gasteiger partial charge on any atom is 0.239 e. The third-order valence-corrected chi connectivity index (χ3v) is 4.81. The van der Waals surface area contributed by atoms with Crippen LogP contribution in [0.25, 0.3) is 0 Å². The number of aliphatic imine (C=N–C) groups is 1. The molecule has 0 aliphatic heterocycles. The maximum atomic E-state index is 12.1. The largest absolute Gasteiger partial charge is 0.493 e. The Hall–Kier alpha value is -2.29. The van der Waals surface area contributed by atoms with Crippen LogP contribution < -0.4 is 20.7 Å². The van der Waals surface area contributed by atoms with E-state index in [9.17, 15) is 4.79 Å². The van der Waals surface area contributed by atoms with Crippen LogP contribution in [0.1, 0.15) is 29.5 Å². The predicted molar refractivity (Wildman–Crippen MR) is 131 cm³/mol. The SMILES string of the molecule is CN=C(NCC(=O)NCc1ccccc1)NCc1ccc(C)cc1OCC1CC1.I. The molecule has 3 N–H and O–H groups in total. The van der Waals surface area contributed by atoms with E-state index < -0.39 is 0 Å². The van der Waals surface area contributed by atoms with Crippen molar-refractivity contribution >= 4 is 35.8 Å². The van der Waals surface area contributed by atoms with E-state index in [0.717, 1.165) is 23.5 Å². The van der Waals surface area contributed by atoms with E-state index in [4.69, 9.17) is 4.74 Å². The number of rotatable bonds is 9. The summed E-state index contributed by atoms with van der Waals surface area (Å²) < 4.78 is 6.02. The van der Waals surface area contributed by atoms with E-state index in [1.807, 2.05) is 30.3 Å². The first-order valence-corrected chi connectivity index (χ1v) is 10.1. The molecular weight excluding hydrogens is 491 g/mol. The maximum absolute atomic E-state index is 12.1. The first kappa shape index (κ1) is 24.0. The fraction of sp³-hybridized carbons (Fsp3) is 0.391. The molecule has 1 fully saturated rings. The zero-order valence-electron chi connectivity index (χ0n) is 17.6. The highest BCUT2D eigenvalue weighted by Crippen LogP contribution is 2.30. The summed E-state index contributed by atoms with van der Waals surface area (Å²) >= 11 is 0. The van der Waals surface area contributed by atoms with E-state index >= 15 is 0 Å². The Kier molecular flexibility index (Phi) is 9.93. The lowest BCUT2D eigenvalue weighted by Crippen LogP contribution is -2.42. The van der Waals surface area contributed by atoms with Gasteiger partial charge in [0.2, 0.25) is 5.91 Å². The number of carbonyl (C=O) groups is 1. The molecule has 1 amide bonds. The number of guanidine groups is 1. The molecule has 1 aliphatic rings. The van der Waals surface area contributed by atoms with Gasteiger partial charge in [0.1, 0.15) is 5.75 Å². The van der Waals surface area contributed by atoms with Crippen molar-refractivity contribution in [1.82, 2.24) is 16.0 Å². The summed E-state index contributed by atoms with van der Waals surface area (Å²) in [7, 11) is 1.69. The molecule has 0 atom stereocenters. The molecule has 7 heteroatoms. The first-order valence-electron chi connectivity index (χ1n) is 10.1. The van der Waals surface area contributed by atoms with Gasteiger partial charge < -0.3 is 20.7 Å². The number of nitrogens with zero attached hydrogens (tertiary/aromatic N) is 1. The van der Waals surface area contributed by atoms with Gasteiger partial charge in [-0.15, -0.1) is 24.0 Å². The van der Waals surface area contributed by atoms with Gasteiger partial charge in [0.25, 0.3) is 0 Å². The van der Waals surface area contributed by atoms with Crippen LogP contribution in [-0.4, -0.2) is 32.1 Å². The second-order valence-corrected chi connectivity index (χ2v) is 7.41. The van der Waals surface area contributed by atoms with Crippen LogP contribution in [0.5, 0.6) is 5.75 Å². The lowest BCUT2D eigenvalue weighted by molar-refractivity contribution is -0.120. The molecule has 1 aliphatic carbocycles. The zero-order valence-corrected chi connectivity index (χ0v) is 19.9. The molecule has 2 aromatic carbocycles. The van der Waals surface area contributed by atoms with Crippen LogP contribution >= 0.6 is 24.0 Å². The molecule has 0 saturated heterocycles. The lowest BCUT2D eigenvalue weighted by atomic mass is 10.1. The minimum absolute atomic E-state index is 0. The smallest absolute Gasteiger partial charge is 0.239 e. The number of amides is 1. The number of ether oxygens (including phenoxy) is 1. The zero-order chi connectivity index (χ0) is 20.5. The predicted octanol–water partition coefficient (Wildman–Crippen LogP) is 3.38. The summed E-state index contributed by atoms with van der Waals surface area (Å²) in [6, 6.07) is 16.1. The molecular formula is C23H31IN4O2. The summed E-state index contributed by atoms with van der Waals surface area (Å²) in [6.45, 7) is 4.09. The highest BCUT2D eigenvalue weighted by atomic mass is 127. The molecule has 0 spiro atoms. The standard InChI is InChI=1S/C23H30N4O2.HI/c1-17-8-11-20(21(12-17)29-16-19-9-10-19)14-26-23(24-2)27-15-22(28)25-13-18-6-4-3-5-7-18;/h3-8,11-12,19H,9-10,13-16H2,1-2H3,(H,25,28)(H2,24,26,27);1H. The van der Waals surface area contributed by atoms with Crippen LogP contribution in [-0.2, 0) is 17.9 Å². The molecule has 0 bridgehead atoms. The average molecular weight is 522 g/mol. The van der Waals surface area contributed by atoms with Crippen LogP contribution in [0.3, 0.4) is 0 Å². The molecule has 0 unspecified atom stereocenters. The van der Waals surface area contributed by atoms with Crippen LogP contribution in [0, 0.1) is 12.8 Å². The minimum Gasteiger partial charge on any atom is -0.493 e. The van der Waals surface area contributed by atoms with Gasteiger partial charge in [-0.3, -0.25) is 9.79 Å². The van der Waals surface area contributed by atoms with Crippen LogP contribution in [0.4, 0.5) is 0 Å². The normalized spacial score (nSPS) is 13.2. The number of aryl methyl sites for hydroxylation is 1. The fourth-order valence-electron chi connectivity index (χ4n) is 2.86. The summed E-state index contributed by atoms with van der Waals surface area (Å²) in [5, 5.41) is 9.21. The third kappa shape index (κ3) is 8.22. The summed E-state index contributed by atoms with van der Waals surface area (Å²) in [6.07, 6.45) is 2.53. The summed E-state index contributed by atoms with van der Waals surface area (Å²) in [4.78, 5) is 16.3. The van der Waals surface area contributed by atoms with Crippen molar-refractivity contribution in [3.05, 3.63) is 65.2 Å². The first-order chi connectivity index (χ1) is 14.1. The van der Waals surface area contributed by atoms with Gasteiger partial charge in [-0.2, -0.15) is 0 Å². The van der Waals surface area contributed by atoms with Crippen molar-refractivity contribution in [3.8, 4) is 5.75 Å². The lowest BCUT2D eigenvalue weighted by Gasteiger charge is -2.15. The number of benzene rings is 2. The van der Waals surface area contributed by atoms with Gasteiger partial charge in [0.15, 0.2) is 5.96 Å². The second kappa shape index (κ2) is 12.4. The number of hydrogen-bond acceptors (Lipinski definition) is 3. The molecule has 162 valence electrons. The van der Waals surface area contributed by atoms with Crippen molar-refractivity contribution in [1.29, 1.82) is 0 Å². The van der Waals surface area contributed by atoms with E-state index in [2.05, 4.69) is 46.1 Å². The molecule has 0 aromatic heterocycles. The topological polar surface area (TPSA) is 74.8 Å². The van der Waals surface area contributed by atoms with Gasteiger partial charge in [-0.1, -0.05) is 42.5 Å². The molecule has 0 radical (unpaired) electrons. The average Bonchev–Trinajstić information content (AvgIpc) is 3.57. The van der Waals surface area contributed by atoms with Crippen molar-refractivity contribution < 1.29 is 9.53 Å². The van der Waals surface area contributed by atoms with Crippen LogP contribution in [0.2, 0.25) is 0 Å². The van der Waals surface area contributed by atoms with Gasteiger partial charge in [-0.05, 0) is 42.9 Å². The number of hydrogen-bond donors (Lipinski definition) is 3. The highest BCUT2D eigenvalue weighted by molar-refractivity contribution is 14.0. The number of nitrogens with one attached hydrogen (secondary N) is 3. The monoisotopic (exact) mass is 522 g/mol. The Labute approximate surface area is 195 Å². The fourth-order valence-corrected chi connectivity index (χ4v) is 2.86. The number of carbonyl (C=O) groups excluding carboxylic acids is 1. The van der Waals surface area contributed by atoms with Gasteiger partial charge in [0.05, 0.1) is 13.2 Å². The van der Waals surface area contributed by atoms with Gasteiger partial charge in [-0.25, -0.2) is 0 Å². The summed E-state index contributed by atoms with van der Waals surface area (Å²) in [5.74, 6) is 2.12. The molecule has 1 saturated carbocycles. The van der Waals surface area contributed by atoms with E-state index in [1.165, 1.54) is 18.4 Å². The summed E-state index contributed by atoms with van der Waals surface area (Å²) in [5.41, 5.74) is 3.33. The van der Waals surface area contributed by atoms with Crippen molar-refractivity contribution in [3.63, 3.8) is 0 Å². The van der Waals surface area contributed by atoms with Crippen LogP contribution in [0.15, 0.2) is 53.5 Å². The molecule has 6 nitrogen and oxygen atoms in total. The van der Waals surface area contributed by atoms with E-state index in [0.29, 0.717) is 25.0 Å². The Morgan fingerprint density at radius 1 is 1.07 bits per heavy atom. The molecule has 30 heavy (non-hydrogen) atoms. The Balaban J connectivity index is 0.00000320. The molecule has 0 heterocycles. The Morgan fingerprint density at radius 3 is 2.53 bits per heavy atom. The quantitative estimate of drug-likeness (QED) is 0.268. The van der Waals surface area contributed by atoms with Gasteiger partial charge >= 0.3 is 0 Å². The molecule has 2 aromatic rings. The van der Waals surface area contributed by atoms with Gasteiger partial charge in [0, 0.05) is 25.7 Å². The minimum atomic E-state index is -0.0828. The van der Waals surface area contributed by atoms with Crippen molar-refractivity contribution in [2.75, 3.05) is 20.2 Å². The van der Waals surface area contributed by atoms with E-state index in [1.54, 1.807) is 7.05 Å². The highest BCUT2D eigenvalue weighted by Gasteiger charge is 2.22. The van der Waals surface area contributed by atoms with Crippen molar-refractivity contribution in [2.45, 2.75) is 32.9 Å².